The minimum Gasteiger partial charge on any atom is -0.386 e. The molecule has 0 amide bonds. The third kappa shape index (κ3) is 2.93. The maximum Gasteiger partial charge on any atom is 0.285 e. The molecular formula is C9H9BrClN3O2. The third-order valence-corrected chi connectivity index (χ3v) is 2.77. The molecule has 0 atom stereocenters. The molecule has 1 aromatic rings. The monoisotopic (exact) mass is 305 g/mol. The van der Waals surface area contributed by atoms with Crippen molar-refractivity contribution in [3.63, 3.8) is 0 Å². The van der Waals surface area contributed by atoms with E-state index in [2.05, 4.69) is 20.9 Å². The van der Waals surface area contributed by atoms with Gasteiger partial charge >= 0.3 is 0 Å². The second-order valence-corrected chi connectivity index (χ2v) is 4.21. The van der Waals surface area contributed by atoms with Gasteiger partial charge in [-0.1, -0.05) is 0 Å². The van der Waals surface area contributed by atoms with Gasteiger partial charge in [-0.05, 0) is 34.5 Å². The average molecular weight is 307 g/mol. The lowest BCUT2D eigenvalue weighted by molar-refractivity contribution is -0.385. The summed E-state index contributed by atoms with van der Waals surface area (Å²) in [7, 11) is 0. The number of nitrogens with zero attached hydrogens (tertiary/aromatic N) is 2. The van der Waals surface area contributed by atoms with Crippen molar-refractivity contribution in [2.45, 2.75) is 6.92 Å². The van der Waals surface area contributed by atoms with Crippen LogP contribution in [0.25, 0.3) is 0 Å². The molecule has 0 saturated carbocycles. The fraction of sp³-hybridized carbons (Fsp3) is 0.222. The van der Waals surface area contributed by atoms with Crippen LogP contribution in [0, 0.1) is 17.0 Å². The molecule has 1 rings (SSSR count). The fourth-order valence-electron chi connectivity index (χ4n) is 1.10. The molecule has 86 valence electrons. The molecule has 0 unspecified atom stereocenters. The van der Waals surface area contributed by atoms with E-state index in [4.69, 9.17) is 17.3 Å². The Morgan fingerprint density at radius 2 is 2.31 bits per heavy atom. The molecule has 0 heterocycles. The molecule has 0 saturated heterocycles. The van der Waals surface area contributed by atoms with E-state index in [0.717, 1.165) is 5.56 Å². The molecule has 0 radical (unpaired) electrons. The number of halogens is 2. The van der Waals surface area contributed by atoms with Crippen molar-refractivity contribution in [2.75, 3.05) is 5.88 Å². The van der Waals surface area contributed by atoms with Gasteiger partial charge in [0, 0.05) is 6.07 Å². The zero-order valence-corrected chi connectivity index (χ0v) is 10.7. The maximum absolute atomic E-state index is 10.7. The SMILES string of the molecule is Cc1cc(Br)c([N+](=O)[O-])cc1N=C(N)CCl. The highest BCUT2D eigenvalue weighted by atomic mass is 79.9. The molecule has 7 heteroatoms. The Morgan fingerprint density at radius 1 is 1.69 bits per heavy atom. The van der Waals surface area contributed by atoms with Crippen LogP contribution in [0.15, 0.2) is 21.6 Å². The van der Waals surface area contributed by atoms with Gasteiger partial charge in [-0.15, -0.1) is 11.6 Å². The van der Waals surface area contributed by atoms with Crippen LogP contribution in [-0.2, 0) is 0 Å². The quantitative estimate of drug-likeness (QED) is 0.306. The summed E-state index contributed by atoms with van der Waals surface area (Å²) in [6.45, 7) is 1.79. The van der Waals surface area contributed by atoms with E-state index in [1.165, 1.54) is 6.07 Å². The van der Waals surface area contributed by atoms with Crippen LogP contribution in [0.4, 0.5) is 11.4 Å². The summed E-state index contributed by atoms with van der Waals surface area (Å²) < 4.78 is 0.415. The number of rotatable bonds is 3. The van der Waals surface area contributed by atoms with Crippen LogP contribution in [0.2, 0.25) is 0 Å². The number of nitrogens with two attached hydrogens (primary N) is 1. The molecule has 0 fully saturated rings. The molecule has 16 heavy (non-hydrogen) atoms. The highest BCUT2D eigenvalue weighted by Crippen LogP contribution is 2.32. The lowest BCUT2D eigenvalue weighted by atomic mass is 10.2. The molecule has 5 nitrogen and oxygen atoms in total. The van der Waals surface area contributed by atoms with Crippen molar-refractivity contribution in [3.05, 3.63) is 32.3 Å². The first-order chi connectivity index (χ1) is 7.45. The zero-order chi connectivity index (χ0) is 12.3. The van der Waals surface area contributed by atoms with Gasteiger partial charge in [0.15, 0.2) is 0 Å². The standard InChI is InChI=1S/C9H9BrClN3O2/c1-5-2-6(10)8(14(15)16)3-7(5)13-9(12)4-11/h2-3H,4H2,1H3,(H2,12,13). The molecule has 0 aliphatic heterocycles. The Balaban J connectivity index is 3.30. The van der Waals surface area contributed by atoms with Gasteiger partial charge < -0.3 is 5.73 Å². The van der Waals surface area contributed by atoms with Gasteiger partial charge in [-0.25, -0.2) is 4.99 Å². The summed E-state index contributed by atoms with van der Waals surface area (Å²) in [6, 6.07) is 2.98. The highest BCUT2D eigenvalue weighted by molar-refractivity contribution is 9.10. The van der Waals surface area contributed by atoms with Gasteiger partial charge in [0.05, 0.1) is 21.0 Å². The fourth-order valence-corrected chi connectivity index (χ4v) is 1.76. The molecule has 2 N–H and O–H groups in total. The Morgan fingerprint density at radius 3 is 2.81 bits per heavy atom. The summed E-state index contributed by atoms with van der Waals surface area (Å²) in [6.07, 6.45) is 0. The van der Waals surface area contributed by atoms with Crippen molar-refractivity contribution in [1.82, 2.24) is 0 Å². The number of hydrogen-bond donors (Lipinski definition) is 1. The Hall–Kier alpha value is -1.14. The van der Waals surface area contributed by atoms with Crippen LogP contribution >= 0.6 is 27.5 Å². The number of aryl methyl sites for hydroxylation is 1. The van der Waals surface area contributed by atoms with Crippen molar-refractivity contribution in [1.29, 1.82) is 0 Å². The van der Waals surface area contributed by atoms with Crippen molar-refractivity contribution in [2.24, 2.45) is 10.7 Å². The first kappa shape index (κ1) is 12.9. The lowest BCUT2D eigenvalue weighted by Gasteiger charge is -2.03. The molecule has 0 aliphatic rings. The Bertz CT molecular complexity index is 462. The Labute approximate surface area is 106 Å². The van der Waals surface area contributed by atoms with Gasteiger partial charge in [0.1, 0.15) is 5.84 Å². The Kier molecular flexibility index (Phi) is 4.26. The molecule has 0 aromatic heterocycles. The van der Waals surface area contributed by atoms with E-state index < -0.39 is 4.92 Å². The molecule has 0 spiro atoms. The van der Waals surface area contributed by atoms with Gasteiger partial charge in [-0.3, -0.25) is 10.1 Å². The number of alkyl halides is 1. The van der Waals surface area contributed by atoms with E-state index in [1.54, 1.807) is 13.0 Å². The number of amidine groups is 1. The summed E-state index contributed by atoms with van der Waals surface area (Å²) in [5.74, 6) is 0.310. The van der Waals surface area contributed by atoms with Crippen molar-refractivity contribution in [3.8, 4) is 0 Å². The second kappa shape index (κ2) is 5.27. The summed E-state index contributed by atoms with van der Waals surface area (Å²) in [5.41, 5.74) is 6.66. The number of hydrogen-bond acceptors (Lipinski definition) is 3. The minimum absolute atomic E-state index is 0.0493. The highest BCUT2D eigenvalue weighted by Gasteiger charge is 2.14. The van der Waals surface area contributed by atoms with E-state index in [0.29, 0.717) is 10.2 Å². The van der Waals surface area contributed by atoms with Gasteiger partial charge in [-0.2, -0.15) is 0 Å². The maximum atomic E-state index is 10.7. The molecular weight excluding hydrogens is 297 g/mol. The molecule has 0 aliphatic carbocycles. The number of nitro groups is 1. The molecule has 1 aromatic carbocycles. The van der Waals surface area contributed by atoms with Gasteiger partial charge in [0.25, 0.3) is 5.69 Å². The normalized spacial score (nSPS) is 11.6. The van der Waals surface area contributed by atoms with E-state index in [9.17, 15) is 10.1 Å². The average Bonchev–Trinajstić information content (AvgIpc) is 2.21. The number of aliphatic imine (C=N–C) groups is 1. The topological polar surface area (TPSA) is 81.5 Å². The molecule has 0 bridgehead atoms. The van der Waals surface area contributed by atoms with Crippen LogP contribution in [0.5, 0.6) is 0 Å². The lowest BCUT2D eigenvalue weighted by Crippen LogP contribution is -2.12. The minimum atomic E-state index is -0.487. The van der Waals surface area contributed by atoms with Crippen molar-refractivity contribution < 1.29 is 4.92 Å². The summed E-state index contributed by atoms with van der Waals surface area (Å²) in [5, 5.41) is 10.7. The third-order valence-electron chi connectivity index (χ3n) is 1.86. The van der Waals surface area contributed by atoms with Gasteiger partial charge in [0.2, 0.25) is 0 Å². The zero-order valence-electron chi connectivity index (χ0n) is 8.41. The van der Waals surface area contributed by atoms with E-state index >= 15 is 0 Å². The number of nitro benzene ring substituents is 1. The smallest absolute Gasteiger partial charge is 0.285 e. The van der Waals surface area contributed by atoms with Crippen LogP contribution in [0.1, 0.15) is 5.56 Å². The number of benzene rings is 1. The largest absolute Gasteiger partial charge is 0.386 e. The summed E-state index contributed by atoms with van der Waals surface area (Å²) in [4.78, 5) is 14.2. The predicted molar refractivity (Wildman–Crippen MR) is 67.5 cm³/mol. The first-order valence-corrected chi connectivity index (χ1v) is 5.62. The second-order valence-electron chi connectivity index (χ2n) is 3.08. The first-order valence-electron chi connectivity index (χ1n) is 4.29. The van der Waals surface area contributed by atoms with Crippen LogP contribution in [0.3, 0.4) is 0 Å². The van der Waals surface area contributed by atoms with Crippen LogP contribution in [-0.4, -0.2) is 16.6 Å². The van der Waals surface area contributed by atoms with Crippen molar-refractivity contribution >= 4 is 44.7 Å². The van der Waals surface area contributed by atoms with E-state index in [-0.39, 0.29) is 17.4 Å². The van der Waals surface area contributed by atoms with E-state index in [1.807, 2.05) is 0 Å². The van der Waals surface area contributed by atoms with Crippen LogP contribution < -0.4 is 5.73 Å². The predicted octanol–water partition coefficient (Wildman–Crippen LogP) is 2.89. The summed E-state index contributed by atoms with van der Waals surface area (Å²) >= 11 is 8.61.